The molecular formula is C13H21FN2O3S. The van der Waals surface area contributed by atoms with Gasteiger partial charge in [-0.05, 0) is 43.4 Å². The summed E-state index contributed by atoms with van der Waals surface area (Å²) in [5, 5.41) is 8.80. The Morgan fingerprint density at radius 1 is 1.45 bits per heavy atom. The van der Waals surface area contributed by atoms with Gasteiger partial charge in [0.1, 0.15) is 5.82 Å². The first-order valence-corrected chi connectivity index (χ1v) is 7.84. The van der Waals surface area contributed by atoms with Crippen LogP contribution in [-0.2, 0) is 10.0 Å². The third-order valence-electron chi connectivity index (χ3n) is 3.22. The van der Waals surface area contributed by atoms with E-state index in [0.717, 1.165) is 6.07 Å². The van der Waals surface area contributed by atoms with Gasteiger partial charge in [0, 0.05) is 13.2 Å². The van der Waals surface area contributed by atoms with E-state index in [4.69, 9.17) is 10.8 Å². The molecule has 0 saturated heterocycles. The normalized spacial score (nSPS) is 13.4. The smallest absolute Gasteiger partial charge is 0.241 e. The number of benzene rings is 1. The molecule has 0 aliphatic heterocycles. The molecule has 0 heterocycles. The van der Waals surface area contributed by atoms with Gasteiger partial charge >= 0.3 is 0 Å². The molecule has 20 heavy (non-hydrogen) atoms. The molecule has 1 aromatic carbocycles. The molecule has 1 atom stereocenters. The summed E-state index contributed by atoms with van der Waals surface area (Å²) in [6, 6.07) is 1.12. The van der Waals surface area contributed by atoms with Crippen LogP contribution in [-0.4, -0.2) is 26.7 Å². The number of halogens is 1. The zero-order valence-electron chi connectivity index (χ0n) is 11.9. The number of anilines is 1. The summed E-state index contributed by atoms with van der Waals surface area (Å²) in [5.74, 6) is -0.610. The van der Waals surface area contributed by atoms with Crippen LogP contribution in [0.1, 0.15) is 24.5 Å². The second kappa shape index (κ2) is 6.51. The lowest BCUT2D eigenvalue weighted by Gasteiger charge is -2.16. The van der Waals surface area contributed by atoms with Crippen molar-refractivity contribution in [1.82, 2.24) is 4.72 Å². The minimum atomic E-state index is -3.75. The second-order valence-corrected chi connectivity index (χ2v) is 6.72. The van der Waals surface area contributed by atoms with Gasteiger partial charge in [-0.2, -0.15) is 0 Å². The van der Waals surface area contributed by atoms with E-state index in [1.807, 2.05) is 6.92 Å². The SMILES string of the molecule is Cc1cc(F)c(N)c(C)c1S(=O)(=O)NCC(C)CCO. The van der Waals surface area contributed by atoms with Gasteiger partial charge in [-0.15, -0.1) is 0 Å². The van der Waals surface area contributed by atoms with E-state index in [1.54, 1.807) is 0 Å². The summed E-state index contributed by atoms with van der Waals surface area (Å²) in [6.45, 7) is 5.05. The van der Waals surface area contributed by atoms with E-state index in [-0.39, 0.29) is 35.2 Å². The summed E-state index contributed by atoms with van der Waals surface area (Å²) in [4.78, 5) is 0.0209. The second-order valence-electron chi connectivity index (χ2n) is 5.01. The number of sulfonamides is 1. The first kappa shape index (κ1) is 16.9. The predicted octanol–water partition coefficient (Wildman–Crippen LogP) is 1.32. The quantitative estimate of drug-likeness (QED) is 0.691. The fourth-order valence-corrected chi connectivity index (χ4v) is 3.63. The molecule has 4 N–H and O–H groups in total. The molecule has 0 aliphatic carbocycles. The Labute approximate surface area is 119 Å². The fourth-order valence-electron chi connectivity index (χ4n) is 1.99. The summed E-state index contributed by atoms with van der Waals surface area (Å²) in [6.07, 6.45) is 0.506. The highest BCUT2D eigenvalue weighted by molar-refractivity contribution is 7.89. The average Bonchev–Trinajstić information content (AvgIpc) is 2.34. The Hall–Kier alpha value is -1.18. The monoisotopic (exact) mass is 304 g/mol. The topological polar surface area (TPSA) is 92.4 Å². The molecule has 0 radical (unpaired) electrons. The van der Waals surface area contributed by atoms with Crippen LogP contribution in [0.25, 0.3) is 0 Å². The first-order valence-electron chi connectivity index (χ1n) is 6.36. The Balaban J connectivity index is 3.08. The molecule has 0 bridgehead atoms. The van der Waals surface area contributed by atoms with E-state index in [1.165, 1.54) is 13.8 Å². The van der Waals surface area contributed by atoms with Gasteiger partial charge in [-0.1, -0.05) is 6.92 Å². The molecule has 0 saturated carbocycles. The molecule has 0 aromatic heterocycles. The number of aliphatic hydroxyl groups is 1. The number of rotatable bonds is 6. The lowest BCUT2D eigenvalue weighted by atomic mass is 10.1. The van der Waals surface area contributed by atoms with Crippen LogP contribution in [0.5, 0.6) is 0 Å². The van der Waals surface area contributed by atoms with E-state index in [0.29, 0.717) is 12.0 Å². The van der Waals surface area contributed by atoms with Crippen molar-refractivity contribution >= 4 is 15.7 Å². The summed E-state index contributed by atoms with van der Waals surface area (Å²) < 4.78 is 40.5. The largest absolute Gasteiger partial charge is 0.396 e. The van der Waals surface area contributed by atoms with Crippen molar-refractivity contribution in [3.63, 3.8) is 0 Å². The van der Waals surface area contributed by atoms with Crippen LogP contribution >= 0.6 is 0 Å². The maximum atomic E-state index is 13.5. The Kier molecular flexibility index (Phi) is 5.50. The lowest BCUT2D eigenvalue weighted by molar-refractivity contribution is 0.263. The molecule has 0 aliphatic rings. The van der Waals surface area contributed by atoms with E-state index in [2.05, 4.69) is 4.72 Å². The molecule has 1 unspecified atom stereocenters. The van der Waals surface area contributed by atoms with E-state index in [9.17, 15) is 12.8 Å². The van der Waals surface area contributed by atoms with Gasteiger partial charge < -0.3 is 10.8 Å². The fraction of sp³-hybridized carbons (Fsp3) is 0.538. The van der Waals surface area contributed by atoms with Gasteiger partial charge in [-0.25, -0.2) is 17.5 Å². The van der Waals surface area contributed by atoms with Gasteiger partial charge in [0.15, 0.2) is 0 Å². The number of aryl methyl sites for hydroxylation is 1. The lowest BCUT2D eigenvalue weighted by Crippen LogP contribution is -2.30. The summed E-state index contributed by atoms with van der Waals surface area (Å²) in [5.41, 5.74) is 5.93. The Morgan fingerprint density at radius 2 is 2.05 bits per heavy atom. The highest BCUT2D eigenvalue weighted by Gasteiger charge is 2.23. The third-order valence-corrected chi connectivity index (χ3v) is 4.93. The standard InChI is InChI=1S/C13H21FN2O3S/c1-8(4-5-17)7-16-20(18,19)13-9(2)6-11(14)12(15)10(13)3/h6,8,16-17H,4-5,7,15H2,1-3H3. The number of nitrogens with two attached hydrogens (primary N) is 1. The Bertz CT molecular complexity index is 588. The van der Waals surface area contributed by atoms with Crippen LogP contribution < -0.4 is 10.5 Å². The minimum absolute atomic E-state index is 0.00441. The van der Waals surface area contributed by atoms with Crippen molar-refractivity contribution in [3.05, 3.63) is 23.0 Å². The summed E-state index contributed by atoms with van der Waals surface area (Å²) in [7, 11) is -3.75. The molecule has 114 valence electrons. The van der Waals surface area contributed by atoms with Crippen molar-refractivity contribution in [1.29, 1.82) is 0 Å². The van der Waals surface area contributed by atoms with Crippen LogP contribution in [0.2, 0.25) is 0 Å². The van der Waals surface area contributed by atoms with Gasteiger partial charge in [0.05, 0.1) is 10.6 Å². The van der Waals surface area contributed by atoms with Gasteiger partial charge in [0.2, 0.25) is 10.0 Å². The van der Waals surface area contributed by atoms with E-state index < -0.39 is 15.8 Å². The van der Waals surface area contributed by atoms with Gasteiger partial charge in [0.25, 0.3) is 0 Å². The maximum absolute atomic E-state index is 13.5. The van der Waals surface area contributed by atoms with Crippen LogP contribution in [0.15, 0.2) is 11.0 Å². The van der Waals surface area contributed by atoms with Crippen LogP contribution in [0.3, 0.4) is 0 Å². The third kappa shape index (κ3) is 3.68. The van der Waals surface area contributed by atoms with Crippen molar-refractivity contribution in [2.75, 3.05) is 18.9 Å². The molecule has 0 spiro atoms. The van der Waals surface area contributed by atoms with Crippen LogP contribution in [0.4, 0.5) is 10.1 Å². The zero-order chi connectivity index (χ0) is 15.5. The average molecular weight is 304 g/mol. The molecular weight excluding hydrogens is 283 g/mol. The highest BCUT2D eigenvalue weighted by Crippen LogP contribution is 2.27. The number of hydrogen-bond acceptors (Lipinski definition) is 4. The molecule has 5 nitrogen and oxygen atoms in total. The van der Waals surface area contributed by atoms with Crippen molar-refractivity contribution < 1.29 is 17.9 Å². The number of aliphatic hydroxyl groups excluding tert-OH is 1. The van der Waals surface area contributed by atoms with Crippen molar-refractivity contribution in [2.45, 2.75) is 32.1 Å². The van der Waals surface area contributed by atoms with E-state index >= 15 is 0 Å². The molecule has 0 amide bonds. The minimum Gasteiger partial charge on any atom is -0.396 e. The zero-order valence-corrected chi connectivity index (χ0v) is 12.7. The molecule has 7 heteroatoms. The summed E-state index contributed by atoms with van der Waals surface area (Å²) >= 11 is 0. The molecule has 1 aromatic rings. The first-order chi connectivity index (χ1) is 9.20. The predicted molar refractivity (Wildman–Crippen MR) is 76.3 cm³/mol. The molecule has 1 rings (SSSR count). The van der Waals surface area contributed by atoms with Crippen molar-refractivity contribution in [3.8, 4) is 0 Å². The Morgan fingerprint density at radius 3 is 2.60 bits per heavy atom. The highest BCUT2D eigenvalue weighted by atomic mass is 32.2. The van der Waals surface area contributed by atoms with Gasteiger partial charge in [-0.3, -0.25) is 0 Å². The number of hydrogen-bond donors (Lipinski definition) is 3. The van der Waals surface area contributed by atoms with Crippen LogP contribution in [0, 0.1) is 25.6 Å². The van der Waals surface area contributed by atoms with Crippen molar-refractivity contribution in [2.24, 2.45) is 5.92 Å². The molecule has 0 fully saturated rings. The maximum Gasteiger partial charge on any atom is 0.241 e. The number of nitrogen functional groups attached to an aromatic ring is 1. The number of nitrogens with one attached hydrogen (secondary N) is 1.